The summed E-state index contributed by atoms with van der Waals surface area (Å²) in [6.45, 7) is 6.95. The van der Waals surface area contributed by atoms with Crippen molar-refractivity contribution in [3.05, 3.63) is 63.6 Å². The van der Waals surface area contributed by atoms with Gasteiger partial charge in [0.15, 0.2) is 11.5 Å². The molecule has 0 saturated carbocycles. The van der Waals surface area contributed by atoms with Crippen LogP contribution in [-0.4, -0.2) is 57.3 Å². The number of ether oxygens (including phenoxy) is 4. The van der Waals surface area contributed by atoms with E-state index < -0.39 is 0 Å². The highest BCUT2D eigenvalue weighted by Gasteiger charge is 2.17. The van der Waals surface area contributed by atoms with Crippen LogP contribution in [0, 0.1) is 5.92 Å². The van der Waals surface area contributed by atoms with Gasteiger partial charge in [-0.3, -0.25) is 9.69 Å². The summed E-state index contributed by atoms with van der Waals surface area (Å²) in [5.74, 6) is 3.34. The van der Waals surface area contributed by atoms with Gasteiger partial charge in [-0.15, -0.1) is 11.3 Å². The van der Waals surface area contributed by atoms with Crippen LogP contribution in [0.4, 0.5) is 0 Å². The van der Waals surface area contributed by atoms with E-state index in [1.807, 2.05) is 35.7 Å². The average molecular weight is 542 g/mol. The van der Waals surface area contributed by atoms with Crippen LogP contribution in [0.2, 0.25) is 0 Å². The summed E-state index contributed by atoms with van der Waals surface area (Å²) in [6, 6.07) is 11.8. The maximum Gasteiger partial charge on any atom is 0.270 e. The summed E-state index contributed by atoms with van der Waals surface area (Å²) in [6.07, 6.45) is 1.74. The molecule has 3 aromatic rings. The number of nitrogens with one attached hydrogen (secondary N) is 1. The summed E-state index contributed by atoms with van der Waals surface area (Å²) < 4.78 is 21.9. The largest absolute Gasteiger partial charge is 0.497 e. The maximum absolute atomic E-state index is 12.6. The van der Waals surface area contributed by atoms with Crippen molar-refractivity contribution < 1.29 is 23.7 Å². The topological polar surface area (TPSA) is 82.2 Å². The monoisotopic (exact) mass is 541 g/mol. The Morgan fingerprint density at radius 1 is 0.947 bits per heavy atom. The fourth-order valence-corrected chi connectivity index (χ4v) is 4.82. The number of amides is 1. The van der Waals surface area contributed by atoms with Crippen molar-refractivity contribution >= 4 is 17.2 Å². The highest BCUT2D eigenvalue weighted by molar-refractivity contribution is 7.09. The van der Waals surface area contributed by atoms with Crippen molar-refractivity contribution in [1.82, 2.24) is 15.2 Å². The lowest BCUT2D eigenvalue weighted by atomic mass is 10.1. The molecule has 0 aliphatic rings. The van der Waals surface area contributed by atoms with Gasteiger partial charge in [0.25, 0.3) is 5.91 Å². The molecule has 0 aliphatic heterocycles. The Balaban J connectivity index is 1.76. The van der Waals surface area contributed by atoms with E-state index in [1.165, 1.54) is 11.3 Å². The summed E-state index contributed by atoms with van der Waals surface area (Å²) >= 11 is 1.50. The van der Waals surface area contributed by atoms with Crippen LogP contribution in [0.5, 0.6) is 23.0 Å². The number of carbonyl (C=O) groups excluding carboxylic acids is 1. The van der Waals surface area contributed by atoms with Gasteiger partial charge in [-0.2, -0.15) is 0 Å². The normalized spacial score (nSPS) is 11.1. The van der Waals surface area contributed by atoms with Crippen LogP contribution in [-0.2, 0) is 19.5 Å². The van der Waals surface area contributed by atoms with E-state index in [1.54, 1.807) is 28.4 Å². The fraction of sp³-hybridized carbons (Fsp3) is 0.448. The standard InChI is InChI=1S/C29H39N3O5S/c1-20(2)11-13-30-29(33)24-19-38-28(31-24)18-32(17-22-8-9-23(34-3)16-26(22)36-5)14-12-21-7-10-25(35-4)27(15-21)37-6/h7-10,15-16,19-20H,11-14,17-18H2,1-6H3,(H,30,33). The van der Waals surface area contributed by atoms with E-state index in [0.717, 1.165) is 47.0 Å². The quantitative estimate of drug-likeness (QED) is 0.283. The molecular formula is C29H39N3O5S. The van der Waals surface area contributed by atoms with Crippen molar-refractivity contribution in [2.45, 2.75) is 39.8 Å². The predicted octanol–water partition coefficient (Wildman–Crippen LogP) is 5.20. The molecule has 1 N–H and O–H groups in total. The highest BCUT2D eigenvalue weighted by atomic mass is 32.1. The number of thiazole rings is 1. The first-order valence-electron chi connectivity index (χ1n) is 12.7. The van der Waals surface area contributed by atoms with E-state index in [0.29, 0.717) is 42.7 Å². The van der Waals surface area contributed by atoms with Crippen LogP contribution in [0.25, 0.3) is 0 Å². The molecule has 1 heterocycles. The zero-order valence-electron chi connectivity index (χ0n) is 23.2. The van der Waals surface area contributed by atoms with E-state index in [2.05, 4.69) is 35.1 Å². The Morgan fingerprint density at radius 3 is 2.39 bits per heavy atom. The summed E-state index contributed by atoms with van der Waals surface area (Å²) in [7, 11) is 6.58. The molecule has 206 valence electrons. The van der Waals surface area contributed by atoms with E-state index in [-0.39, 0.29) is 5.91 Å². The number of methoxy groups -OCH3 is 4. The van der Waals surface area contributed by atoms with Crippen LogP contribution < -0.4 is 24.3 Å². The van der Waals surface area contributed by atoms with E-state index >= 15 is 0 Å². The van der Waals surface area contributed by atoms with Crippen molar-refractivity contribution in [2.75, 3.05) is 41.5 Å². The molecule has 3 rings (SSSR count). The van der Waals surface area contributed by atoms with Crippen molar-refractivity contribution in [3.63, 3.8) is 0 Å². The minimum atomic E-state index is -0.123. The number of hydrogen-bond donors (Lipinski definition) is 1. The fourth-order valence-electron chi connectivity index (χ4n) is 4.00. The second kappa shape index (κ2) is 14.6. The zero-order valence-corrected chi connectivity index (χ0v) is 24.0. The summed E-state index contributed by atoms with van der Waals surface area (Å²) in [4.78, 5) is 19.5. The van der Waals surface area contributed by atoms with Gasteiger partial charge in [0.2, 0.25) is 0 Å². The zero-order chi connectivity index (χ0) is 27.5. The number of hydrogen-bond acceptors (Lipinski definition) is 8. The van der Waals surface area contributed by atoms with Gasteiger partial charge in [0.1, 0.15) is 22.2 Å². The average Bonchev–Trinajstić information content (AvgIpc) is 3.40. The predicted molar refractivity (Wildman–Crippen MR) is 151 cm³/mol. The molecule has 2 aromatic carbocycles. The van der Waals surface area contributed by atoms with Crippen molar-refractivity contribution in [1.29, 1.82) is 0 Å². The van der Waals surface area contributed by atoms with Crippen molar-refractivity contribution in [3.8, 4) is 23.0 Å². The molecule has 0 bridgehead atoms. The number of rotatable bonds is 15. The molecule has 0 spiro atoms. The lowest BCUT2D eigenvalue weighted by molar-refractivity contribution is 0.0947. The van der Waals surface area contributed by atoms with E-state index in [4.69, 9.17) is 18.9 Å². The van der Waals surface area contributed by atoms with Crippen LogP contribution in [0.3, 0.4) is 0 Å². The lowest BCUT2D eigenvalue weighted by Crippen LogP contribution is -2.27. The first-order chi connectivity index (χ1) is 18.4. The van der Waals surface area contributed by atoms with Gasteiger partial charge in [-0.1, -0.05) is 26.0 Å². The minimum absolute atomic E-state index is 0.123. The van der Waals surface area contributed by atoms with Crippen LogP contribution >= 0.6 is 11.3 Å². The molecule has 1 aromatic heterocycles. The number of carbonyl (C=O) groups is 1. The third-order valence-electron chi connectivity index (χ3n) is 6.20. The van der Waals surface area contributed by atoms with Gasteiger partial charge in [-0.05, 0) is 42.5 Å². The second-order valence-corrected chi connectivity index (χ2v) is 10.3. The van der Waals surface area contributed by atoms with Gasteiger partial charge in [0.05, 0.1) is 35.0 Å². The molecule has 9 heteroatoms. The molecule has 0 saturated heterocycles. The second-order valence-electron chi connectivity index (χ2n) is 9.39. The Labute approximate surface area is 229 Å². The lowest BCUT2D eigenvalue weighted by Gasteiger charge is -2.23. The molecular weight excluding hydrogens is 502 g/mol. The molecule has 0 radical (unpaired) electrons. The third-order valence-corrected chi connectivity index (χ3v) is 7.04. The van der Waals surface area contributed by atoms with Gasteiger partial charge in [0, 0.05) is 36.6 Å². The number of benzene rings is 2. The third kappa shape index (κ3) is 8.36. The van der Waals surface area contributed by atoms with Crippen molar-refractivity contribution in [2.24, 2.45) is 5.92 Å². The molecule has 0 atom stereocenters. The molecule has 0 aliphatic carbocycles. The Morgan fingerprint density at radius 2 is 1.71 bits per heavy atom. The summed E-state index contributed by atoms with van der Waals surface area (Å²) in [5.41, 5.74) is 2.65. The van der Waals surface area contributed by atoms with Crippen LogP contribution in [0.1, 0.15) is 46.9 Å². The maximum atomic E-state index is 12.6. The molecule has 0 unspecified atom stereocenters. The first-order valence-corrected chi connectivity index (χ1v) is 13.6. The molecule has 8 nitrogen and oxygen atoms in total. The first kappa shape index (κ1) is 29.3. The Hall–Kier alpha value is -3.30. The molecule has 0 fully saturated rings. The minimum Gasteiger partial charge on any atom is -0.497 e. The van der Waals surface area contributed by atoms with Crippen LogP contribution in [0.15, 0.2) is 41.8 Å². The van der Waals surface area contributed by atoms with Gasteiger partial charge < -0.3 is 24.3 Å². The molecule has 38 heavy (non-hydrogen) atoms. The van der Waals surface area contributed by atoms with Gasteiger partial charge >= 0.3 is 0 Å². The highest BCUT2D eigenvalue weighted by Crippen LogP contribution is 2.29. The number of aromatic nitrogens is 1. The smallest absolute Gasteiger partial charge is 0.270 e. The SMILES string of the molecule is COc1ccc(CN(CCc2ccc(OC)c(OC)c2)Cc2nc(C(=O)NCCC(C)C)cs2)c(OC)c1. The summed E-state index contributed by atoms with van der Waals surface area (Å²) in [5, 5.41) is 5.69. The van der Waals surface area contributed by atoms with Gasteiger partial charge in [-0.25, -0.2) is 4.98 Å². The number of nitrogens with zero attached hydrogens (tertiary/aromatic N) is 2. The van der Waals surface area contributed by atoms with E-state index in [9.17, 15) is 4.79 Å². The Kier molecular flexibility index (Phi) is 11.2. The molecule has 1 amide bonds. The Bertz CT molecular complexity index is 1180.